The lowest BCUT2D eigenvalue weighted by molar-refractivity contribution is -0.120. The molecule has 194 valence electrons. The molecule has 4 rings (SSSR count). The molecule has 0 radical (unpaired) electrons. The molecule has 2 amide bonds. The van der Waals surface area contributed by atoms with Crippen molar-refractivity contribution in [2.75, 3.05) is 11.9 Å². The molecule has 37 heavy (non-hydrogen) atoms. The van der Waals surface area contributed by atoms with Gasteiger partial charge in [-0.15, -0.1) is 0 Å². The van der Waals surface area contributed by atoms with E-state index in [2.05, 4.69) is 19.5 Å². The summed E-state index contributed by atoms with van der Waals surface area (Å²) in [7, 11) is -4.64. The first-order chi connectivity index (χ1) is 17.4. The largest absolute Gasteiger partial charge is 0.534 e. The summed E-state index contributed by atoms with van der Waals surface area (Å²) in [5, 5.41) is 2.60. The van der Waals surface area contributed by atoms with Crippen LogP contribution in [0, 0.1) is 0 Å². The smallest absolute Gasteiger partial charge is 0.457 e. The van der Waals surface area contributed by atoms with E-state index >= 15 is 0 Å². The highest BCUT2D eigenvalue weighted by Crippen LogP contribution is 2.30. The Balaban J connectivity index is 1.48. The fraction of sp³-hybridized carbons (Fsp3) is 0.217. The summed E-state index contributed by atoms with van der Waals surface area (Å²) in [4.78, 5) is 34.7. The number of carbonyl (C=O) groups excluding carboxylic acids is 2. The van der Waals surface area contributed by atoms with Crippen molar-refractivity contribution in [2.24, 2.45) is 0 Å². The molecule has 3 heterocycles. The van der Waals surface area contributed by atoms with Gasteiger partial charge in [0.25, 0.3) is 5.91 Å². The van der Waals surface area contributed by atoms with Gasteiger partial charge in [0.15, 0.2) is 0 Å². The van der Waals surface area contributed by atoms with Crippen molar-refractivity contribution in [2.45, 2.75) is 24.4 Å². The Hall–Kier alpha value is -4.20. The van der Waals surface area contributed by atoms with Crippen molar-refractivity contribution < 1.29 is 40.1 Å². The van der Waals surface area contributed by atoms with Gasteiger partial charge >= 0.3 is 15.6 Å². The number of likely N-dealkylation sites (N-methyl/N-ethyl adjacent to an activating group) is 1. The number of alkyl halides is 3. The molecular formula is C23H19F3N4O6S. The average molecular weight is 536 g/mol. The van der Waals surface area contributed by atoms with Crippen LogP contribution < -0.4 is 19.1 Å². The first-order valence-corrected chi connectivity index (χ1v) is 12.1. The van der Waals surface area contributed by atoms with E-state index in [1.807, 2.05) is 6.07 Å². The average Bonchev–Trinajstić information content (AvgIpc) is 2.96. The Labute approximate surface area is 209 Å². The summed E-state index contributed by atoms with van der Waals surface area (Å²) >= 11 is 0. The second kappa shape index (κ2) is 10.0. The van der Waals surface area contributed by atoms with Gasteiger partial charge in [0.05, 0.1) is 0 Å². The van der Waals surface area contributed by atoms with Crippen LogP contribution in [-0.4, -0.2) is 48.8 Å². The number of fused-ring (bicyclic) bond motifs is 1. The minimum absolute atomic E-state index is 0.00295. The van der Waals surface area contributed by atoms with Crippen LogP contribution in [0.2, 0.25) is 0 Å². The van der Waals surface area contributed by atoms with Gasteiger partial charge in [-0.3, -0.25) is 19.5 Å². The summed E-state index contributed by atoms with van der Waals surface area (Å²) in [6, 6.07) is 13.1. The van der Waals surface area contributed by atoms with E-state index in [9.17, 15) is 31.2 Å². The molecule has 10 nitrogen and oxygen atoms in total. The van der Waals surface area contributed by atoms with Crippen molar-refractivity contribution >= 4 is 27.8 Å². The predicted octanol–water partition coefficient (Wildman–Crippen LogP) is 3.20. The van der Waals surface area contributed by atoms with Gasteiger partial charge in [-0.05, 0) is 42.7 Å². The number of benzene rings is 1. The van der Waals surface area contributed by atoms with Crippen LogP contribution in [0.15, 0.2) is 60.8 Å². The summed E-state index contributed by atoms with van der Waals surface area (Å²) in [6.45, 7) is 0. The normalized spacial score (nSPS) is 15.9. The van der Waals surface area contributed by atoms with E-state index in [1.165, 1.54) is 25.4 Å². The van der Waals surface area contributed by atoms with Gasteiger partial charge in [0.2, 0.25) is 11.8 Å². The van der Waals surface area contributed by atoms with Crippen molar-refractivity contribution in [3.63, 3.8) is 0 Å². The third-order valence-corrected chi connectivity index (χ3v) is 6.26. The fourth-order valence-corrected chi connectivity index (χ4v) is 3.91. The molecule has 0 spiro atoms. The van der Waals surface area contributed by atoms with Crippen LogP contribution in [0.3, 0.4) is 0 Å². The summed E-state index contributed by atoms with van der Waals surface area (Å²) < 4.78 is 70.3. The molecule has 1 N–H and O–H groups in total. The number of carbonyl (C=O) groups is 2. The zero-order valence-corrected chi connectivity index (χ0v) is 19.9. The molecule has 0 aliphatic carbocycles. The highest BCUT2D eigenvalue weighted by molar-refractivity contribution is 7.87. The van der Waals surface area contributed by atoms with Gasteiger partial charge < -0.3 is 14.2 Å². The standard InChI is InChI=1S/C23H19F3N4O6S/c1-30-20-14(8-10-19(29-20)36-37(33,34)23(24,25)26)7-9-17(22(30)32)28-21(31)18-13-16(11-12-27-18)35-15-5-3-2-4-6-15/h2-6,8,10-13,17H,7,9H2,1H3,(H,28,31). The Morgan fingerprint density at radius 3 is 2.54 bits per heavy atom. The number of hydrogen-bond acceptors (Lipinski definition) is 8. The van der Waals surface area contributed by atoms with E-state index in [-0.39, 0.29) is 24.4 Å². The predicted molar refractivity (Wildman–Crippen MR) is 124 cm³/mol. The van der Waals surface area contributed by atoms with Gasteiger partial charge in [-0.1, -0.05) is 18.2 Å². The van der Waals surface area contributed by atoms with Crippen LogP contribution in [-0.2, 0) is 21.3 Å². The molecule has 14 heteroatoms. The van der Waals surface area contributed by atoms with Crippen LogP contribution in [0.4, 0.5) is 19.0 Å². The zero-order valence-electron chi connectivity index (χ0n) is 19.1. The number of para-hydroxylation sites is 1. The fourth-order valence-electron chi connectivity index (χ4n) is 3.50. The molecular weight excluding hydrogens is 517 g/mol. The molecule has 0 saturated carbocycles. The van der Waals surface area contributed by atoms with E-state index in [1.54, 1.807) is 30.3 Å². The van der Waals surface area contributed by atoms with Gasteiger partial charge in [-0.25, -0.2) is 0 Å². The number of halogens is 3. The molecule has 1 aliphatic rings. The van der Waals surface area contributed by atoms with E-state index in [0.29, 0.717) is 17.1 Å². The van der Waals surface area contributed by atoms with Crippen LogP contribution >= 0.6 is 0 Å². The number of aromatic nitrogens is 2. The number of aryl methyl sites for hydroxylation is 1. The van der Waals surface area contributed by atoms with Crippen molar-refractivity contribution in [1.29, 1.82) is 0 Å². The maximum absolute atomic E-state index is 13.0. The number of nitrogens with one attached hydrogen (secondary N) is 1. The number of nitrogens with zero attached hydrogens (tertiary/aromatic N) is 3. The first kappa shape index (κ1) is 25.9. The molecule has 3 aromatic rings. The van der Waals surface area contributed by atoms with Crippen molar-refractivity contribution in [1.82, 2.24) is 15.3 Å². The number of rotatable bonds is 6. The first-order valence-electron chi connectivity index (χ1n) is 10.7. The molecule has 1 aromatic carbocycles. The summed E-state index contributed by atoms with van der Waals surface area (Å²) in [5.41, 5.74) is -5.20. The van der Waals surface area contributed by atoms with Crippen molar-refractivity contribution in [3.8, 4) is 17.4 Å². The van der Waals surface area contributed by atoms with Crippen LogP contribution in [0.1, 0.15) is 22.5 Å². The monoisotopic (exact) mass is 536 g/mol. The SMILES string of the molecule is CN1C(=O)C(NC(=O)c2cc(Oc3ccccc3)ccn2)CCc2ccc(OS(=O)(=O)C(F)(F)F)nc21. The maximum atomic E-state index is 13.0. The van der Waals surface area contributed by atoms with E-state index < -0.39 is 39.4 Å². The number of ether oxygens (including phenoxy) is 1. The number of hydrogen-bond donors (Lipinski definition) is 1. The molecule has 0 saturated heterocycles. The second-order valence-corrected chi connectivity index (χ2v) is 9.41. The lowest BCUT2D eigenvalue weighted by Gasteiger charge is -2.21. The quantitative estimate of drug-likeness (QED) is 0.376. The van der Waals surface area contributed by atoms with Gasteiger partial charge in [0.1, 0.15) is 29.1 Å². The lowest BCUT2D eigenvalue weighted by Crippen LogP contribution is -2.47. The number of anilines is 1. The minimum atomic E-state index is -5.94. The van der Waals surface area contributed by atoms with Crippen LogP contribution in [0.25, 0.3) is 0 Å². The molecule has 1 atom stereocenters. The zero-order chi connectivity index (χ0) is 26.8. The third-order valence-electron chi connectivity index (χ3n) is 5.31. The molecule has 1 aliphatic heterocycles. The Kier molecular flexibility index (Phi) is 7.03. The van der Waals surface area contributed by atoms with Crippen LogP contribution in [0.5, 0.6) is 17.4 Å². The summed E-state index contributed by atoms with van der Waals surface area (Å²) in [6.07, 6.45) is 1.73. The minimum Gasteiger partial charge on any atom is -0.457 e. The molecule has 2 aromatic heterocycles. The molecule has 0 bridgehead atoms. The Morgan fingerprint density at radius 2 is 1.84 bits per heavy atom. The highest BCUT2D eigenvalue weighted by Gasteiger charge is 2.49. The second-order valence-electron chi connectivity index (χ2n) is 7.87. The van der Waals surface area contributed by atoms with E-state index in [4.69, 9.17) is 4.74 Å². The van der Waals surface area contributed by atoms with E-state index in [0.717, 1.165) is 11.0 Å². The van der Waals surface area contributed by atoms with Gasteiger partial charge in [-0.2, -0.15) is 26.6 Å². The number of pyridine rings is 2. The Morgan fingerprint density at radius 1 is 1.11 bits per heavy atom. The topological polar surface area (TPSA) is 128 Å². The summed E-state index contributed by atoms with van der Waals surface area (Å²) in [5.74, 6) is -1.30. The third kappa shape index (κ3) is 5.80. The highest BCUT2D eigenvalue weighted by atomic mass is 32.2. The number of amides is 2. The molecule has 1 unspecified atom stereocenters. The van der Waals surface area contributed by atoms with Crippen molar-refractivity contribution in [3.05, 3.63) is 72.1 Å². The lowest BCUT2D eigenvalue weighted by atomic mass is 10.1. The Bertz CT molecular complexity index is 1430. The van der Waals surface area contributed by atoms with Gasteiger partial charge in [0, 0.05) is 25.4 Å². The maximum Gasteiger partial charge on any atom is 0.534 e. The molecule has 0 fully saturated rings.